The fourth-order valence-corrected chi connectivity index (χ4v) is 2.14. The number of hydrogen-bond acceptors (Lipinski definition) is 3. The molecule has 1 saturated carbocycles. The van der Waals surface area contributed by atoms with E-state index in [2.05, 4.69) is 11.8 Å². The largest absolute Gasteiger partial charge is 0.491 e. The summed E-state index contributed by atoms with van der Waals surface area (Å²) in [5, 5.41) is 0. The lowest BCUT2D eigenvalue weighted by molar-refractivity contribution is 0.0812. The van der Waals surface area contributed by atoms with Gasteiger partial charge in [0.15, 0.2) is 0 Å². The maximum absolute atomic E-state index is 5.61. The molecule has 1 aliphatic rings. The van der Waals surface area contributed by atoms with Crippen molar-refractivity contribution in [3.63, 3.8) is 0 Å². The Morgan fingerprint density at radius 3 is 2.55 bits per heavy atom. The molecule has 0 unspecified atom stereocenters. The van der Waals surface area contributed by atoms with E-state index in [4.69, 9.17) is 15.2 Å². The highest BCUT2D eigenvalue weighted by molar-refractivity contribution is 5.38. The van der Waals surface area contributed by atoms with Crippen LogP contribution >= 0.6 is 0 Å². The van der Waals surface area contributed by atoms with Crippen LogP contribution in [0, 0.1) is 17.8 Å². The van der Waals surface area contributed by atoms with Crippen molar-refractivity contribution >= 4 is 0 Å². The number of nitrogens with two attached hydrogens (primary N) is 1. The normalized spacial score (nSPS) is 14.2. The van der Waals surface area contributed by atoms with E-state index in [0.717, 1.165) is 23.8 Å². The molecule has 0 spiro atoms. The topological polar surface area (TPSA) is 44.5 Å². The number of ether oxygens (including phenoxy) is 2. The van der Waals surface area contributed by atoms with Gasteiger partial charge in [0.25, 0.3) is 0 Å². The Balaban J connectivity index is 1.56. The minimum atomic E-state index is 0.385. The molecular weight excluding hydrogens is 250 g/mol. The van der Waals surface area contributed by atoms with E-state index >= 15 is 0 Å². The quantitative estimate of drug-likeness (QED) is 0.613. The summed E-state index contributed by atoms with van der Waals surface area (Å²) in [5.41, 5.74) is 6.29. The Hall–Kier alpha value is -1.50. The van der Waals surface area contributed by atoms with Gasteiger partial charge in [0, 0.05) is 12.2 Å². The zero-order valence-corrected chi connectivity index (χ0v) is 11.9. The molecule has 0 aromatic heterocycles. The van der Waals surface area contributed by atoms with E-state index in [1.165, 1.54) is 25.7 Å². The van der Waals surface area contributed by atoms with Crippen molar-refractivity contribution < 1.29 is 9.47 Å². The molecule has 1 fully saturated rings. The molecule has 2 N–H and O–H groups in total. The summed E-state index contributed by atoms with van der Waals surface area (Å²) in [4.78, 5) is 0. The molecule has 0 aliphatic heterocycles. The minimum Gasteiger partial charge on any atom is -0.491 e. The zero-order valence-electron chi connectivity index (χ0n) is 11.9. The number of benzene rings is 1. The fraction of sp³-hybridized carbons (Fsp3) is 0.529. The lowest BCUT2D eigenvalue weighted by Gasteiger charge is -2.24. The number of hydrogen-bond donors (Lipinski definition) is 1. The fourth-order valence-electron chi connectivity index (χ4n) is 2.14. The van der Waals surface area contributed by atoms with Gasteiger partial charge in [-0.05, 0) is 36.6 Å². The van der Waals surface area contributed by atoms with Gasteiger partial charge in [0.2, 0.25) is 0 Å². The molecule has 1 aliphatic carbocycles. The molecule has 3 heteroatoms. The van der Waals surface area contributed by atoms with E-state index < -0.39 is 0 Å². The summed E-state index contributed by atoms with van der Waals surface area (Å²) >= 11 is 0. The predicted molar refractivity (Wildman–Crippen MR) is 80.6 cm³/mol. The Kier molecular flexibility index (Phi) is 6.43. The molecule has 108 valence electrons. The van der Waals surface area contributed by atoms with Gasteiger partial charge in [0.05, 0.1) is 13.2 Å². The summed E-state index contributed by atoms with van der Waals surface area (Å²) < 4.78 is 11.2. The van der Waals surface area contributed by atoms with Crippen LogP contribution in [0.15, 0.2) is 24.3 Å². The average Bonchev–Trinajstić information content (AvgIpc) is 2.43. The minimum absolute atomic E-state index is 0.385. The second kappa shape index (κ2) is 8.63. The third kappa shape index (κ3) is 5.24. The molecule has 1 aromatic carbocycles. The standard InChI is InChI=1S/C17H23NO2/c18-11-2-5-16-6-8-17(9-7-16)20-14-13-19-12-10-15-3-1-4-15/h6-9,15H,1,3-4,10-14,18H2. The first-order chi connectivity index (χ1) is 9.88. The Bertz CT molecular complexity index is 440. The van der Waals surface area contributed by atoms with E-state index in [9.17, 15) is 0 Å². The van der Waals surface area contributed by atoms with Crippen molar-refractivity contribution in [3.8, 4) is 17.6 Å². The smallest absolute Gasteiger partial charge is 0.119 e. The van der Waals surface area contributed by atoms with Crippen LogP contribution in [0.5, 0.6) is 5.75 Å². The second-order valence-corrected chi connectivity index (χ2v) is 5.08. The van der Waals surface area contributed by atoms with Crippen molar-refractivity contribution in [2.24, 2.45) is 11.7 Å². The van der Waals surface area contributed by atoms with Gasteiger partial charge in [-0.3, -0.25) is 0 Å². The molecule has 1 aromatic rings. The Morgan fingerprint density at radius 1 is 1.10 bits per heavy atom. The first-order valence-electron chi connectivity index (χ1n) is 7.38. The molecule has 0 bridgehead atoms. The summed E-state index contributed by atoms with van der Waals surface area (Å²) in [6, 6.07) is 7.73. The maximum Gasteiger partial charge on any atom is 0.119 e. The third-order valence-electron chi connectivity index (χ3n) is 3.58. The first kappa shape index (κ1) is 14.9. The van der Waals surface area contributed by atoms with Gasteiger partial charge in [0.1, 0.15) is 12.4 Å². The third-order valence-corrected chi connectivity index (χ3v) is 3.58. The van der Waals surface area contributed by atoms with E-state index in [0.29, 0.717) is 19.8 Å². The van der Waals surface area contributed by atoms with Gasteiger partial charge in [-0.15, -0.1) is 0 Å². The van der Waals surface area contributed by atoms with Crippen LogP contribution in [0.1, 0.15) is 31.2 Å². The van der Waals surface area contributed by atoms with Crippen molar-refractivity contribution in [3.05, 3.63) is 29.8 Å². The van der Waals surface area contributed by atoms with Gasteiger partial charge < -0.3 is 15.2 Å². The lowest BCUT2D eigenvalue weighted by atomic mass is 9.83. The highest BCUT2D eigenvalue weighted by Gasteiger charge is 2.16. The van der Waals surface area contributed by atoms with Gasteiger partial charge in [-0.1, -0.05) is 31.1 Å². The zero-order chi connectivity index (χ0) is 14.0. The summed E-state index contributed by atoms with van der Waals surface area (Å²) in [6.07, 6.45) is 5.38. The van der Waals surface area contributed by atoms with Crippen LogP contribution in [0.3, 0.4) is 0 Å². The van der Waals surface area contributed by atoms with Crippen molar-refractivity contribution in [2.75, 3.05) is 26.4 Å². The van der Waals surface area contributed by atoms with Crippen molar-refractivity contribution in [2.45, 2.75) is 25.7 Å². The van der Waals surface area contributed by atoms with Gasteiger partial charge in [-0.25, -0.2) is 0 Å². The molecule has 2 rings (SSSR count). The highest BCUT2D eigenvalue weighted by Crippen LogP contribution is 2.29. The van der Waals surface area contributed by atoms with E-state index in [1.54, 1.807) is 0 Å². The van der Waals surface area contributed by atoms with E-state index in [-0.39, 0.29) is 0 Å². The molecule has 0 amide bonds. The maximum atomic E-state index is 5.61. The van der Waals surface area contributed by atoms with Crippen molar-refractivity contribution in [1.82, 2.24) is 0 Å². The van der Waals surface area contributed by atoms with Crippen LogP contribution in [-0.4, -0.2) is 26.4 Å². The Morgan fingerprint density at radius 2 is 1.90 bits per heavy atom. The SMILES string of the molecule is NCC#Cc1ccc(OCCOCCC2CCC2)cc1. The second-order valence-electron chi connectivity index (χ2n) is 5.08. The number of rotatable bonds is 7. The molecular formula is C17H23NO2. The summed E-state index contributed by atoms with van der Waals surface area (Å²) in [5.74, 6) is 7.58. The monoisotopic (exact) mass is 273 g/mol. The average molecular weight is 273 g/mol. The van der Waals surface area contributed by atoms with E-state index in [1.807, 2.05) is 24.3 Å². The molecule has 0 saturated heterocycles. The predicted octanol–water partition coefficient (Wildman–Crippen LogP) is 2.58. The van der Waals surface area contributed by atoms with Gasteiger partial charge >= 0.3 is 0 Å². The summed E-state index contributed by atoms with van der Waals surface area (Å²) in [6.45, 7) is 2.50. The molecule has 20 heavy (non-hydrogen) atoms. The summed E-state index contributed by atoms with van der Waals surface area (Å²) in [7, 11) is 0. The Labute approximate surface area is 121 Å². The van der Waals surface area contributed by atoms with Crippen LogP contribution in [0.25, 0.3) is 0 Å². The lowest BCUT2D eigenvalue weighted by Crippen LogP contribution is -2.15. The molecule has 3 nitrogen and oxygen atoms in total. The van der Waals surface area contributed by atoms with Crippen LogP contribution in [0.2, 0.25) is 0 Å². The van der Waals surface area contributed by atoms with Crippen LogP contribution in [-0.2, 0) is 4.74 Å². The van der Waals surface area contributed by atoms with Crippen LogP contribution in [0.4, 0.5) is 0 Å². The van der Waals surface area contributed by atoms with Crippen molar-refractivity contribution in [1.29, 1.82) is 0 Å². The molecule has 0 radical (unpaired) electrons. The molecule has 0 atom stereocenters. The van der Waals surface area contributed by atoms with Crippen LogP contribution < -0.4 is 10.5 Å². The molecule has 0 heterocycles. The first-order valence-corrected chi connectivity index (χ1v) is 7.38. The highest BCUT2D eigenvalue weighted by atomic mass is 16.5. The van der Waals surface area contributed by atoms with Gasteiger partial charge in [-0.2, -0.15) is 0 Å².